The second kappa shape index (κ2) is 5.89. The van der Waals surface area contributed by atoms with E-state index < -0.39 is 0 Å². The molecule has 1 aliphatic rings. The Balaban J connectivity index is 2.60. The first-order valence-corrected chi connectivity index (χ1v) is 6.88. The van der Waals surface area contributed by atoms with E-state index in [2.05, 4.69) is 32.6 Å². The highest BCUT2D eigenvalue weighted by atomic mass is 15.2. The van der Waals surface area contributed by atoms with Gasteiger partial charge in [-0.15, -0.1) is 0 Å². The second-order valence-corrected chi connectivity index (χ2v) is 5.62. The van der Waals surface area contributed by atoms with Crippen molar-refractivity contribution in [3.05, 3.63) is 0 Å². The highest BCUT2D eigenvalue weighted by Gasteiger charge is 2.35. The van der Waals surface area contributed by atoms with Crippen molar-refractivity contribution >= 4 is 0 Å². The van der Waals surface area contributed by atoms with Gasteiger partial charge >= 0.3 is 0 Å². The standard InChI is InChI=1S/C14H29N/c1-5-11-15(12-6-2)14(3,4)13-9-7-8-10-13/h13H,5-12H2,1-4H3. The molecule has 0 atom stereocenters. The number of hydrogen-bond donors (Lipinski definition) is 0. The minimum Gasteiger partial charge on any atom is -0.298 e. The molecule has 90 valence electrons. The SMILES string of the molecule is CCCN(CCC)C(C)(C)C1CCCC1. The topological polar surface area (TPSA) is 3.24 Å². The van der Waals surface area contributed by atoms with E-state index in [1.807, 2.05) is 0 Å². The number of hydrogen-bond acceptors (Lipinski definition) is 1. The van der Waals surface area contributed by atoms with Crippen LogP contribution in [0.5, 0.6) is 0 Å². The van der Waals surface area contributed by atoms with E-state index >= 15 is 0 Å². The lowest BCUT2D eigenvalue weighted by atomic mass is 9.84. The first kappa shape index (κ1) is 13.0. The highest BCUT2D eigenvalue weighted by Crippen LogP contribution is 2.37. The average molecular weight is 211 g/mol. The molecule has 1 fully saturated rings. The van der Waals surface area contributed by atoms with Gasteiger partial charge < -0.3 is 0 Å². The summed E-state index contributed by atoms with van der Waals surface area (Å²) in [7, 11) is 0. The van der Waals surface area contributed by atoms with Crippen molar-refractivity contribution in [2.45, 2.75) is 71.8 Å². The molecule has 0 aliphatic heterocycles. The summed E-state index contributed by atoms with van der Waals surface area (Å²) >= 11 is 0. The first-order valence-electron chi connectivity index (χ1n) is 6.88. The minimum atomic E-state index is 0.433. The Morgan fingerprint density at radius 1 is 1.00 bits per heavy atom. The van der Waals surface area contributed by atoms with Crippen molar-refractivity contribution < 1.29 is 0 Å². The molecule has 0 bridgehead atoms. The molecule has 0 aromatic carbocycles. The zero-order valence-corrected chi connectivity index (χ0v) is 11.2. The maximum atomic E-state index is 2.73. The maximum Gasteiger partial charge on any atom is 0.0181 e. The third-order valence-corrected chi connectivity index (χ3v) is 4.16. The third kappa shape index (κ3) is 3.21. The molecule has 0 spiro atoms. The molecule has 0 saturated heterocycles. The summed E-state index contributed by atoms with van der Waals surface area (Å²) in [6.07, 6.45) is 8.40. The Hall–Kier alpha value is -0.0400. The predicted molar refractivity (Wildman–Crippen MR) is 68.2 cm³/mol. The molecule has 0 amide bonds. The second-order valence-electron chi connectivity index (χ2n) is 5.62. The normalized spacial score (nSPS) is 19.0. The van der Waals surface area contributed by atoms with Gasteiger partial charge in [-0.2, -0.15) is 0 Å². The van der Waals surface area contributed by atoms with Crippen LogP contribution in [0.25, 0.3) is 0 Å². The van der Waals surface area contributed by atoms with Crippen LogP contribution in [0.4, 0.5) is 0 Å². The predicted octanol–water partition coefficient (Wildman–Crippen LogP) is 4.08. The molecule has 0 unspecified atom stereocenters. The molecule has 1 rings (SSSR count). The van der Waals surface area contributed by atoms with Crippen molar-refractivity contribution in [1.82, 2.24) is 4.90 Å². The van der Waals surface area contributed by atoms with E-state index in [0.29, 0.717) is 5.54 Å². The van der Waals surface area contributed by atoms with Crippen LogP contribution in [0, 0.1) is 5.92 Å². The van der Waals surface area contributed by atoms with Gasteiger partial charge in [-0.3, -0.25) is 4.90 Å². The summed E-state index contributed by atoms with van der Waals surface area (Å²) in [5.74, 6) is 0.940. The summed E-state index contributed by atoms with van der Waals surface area (Å²) < 4.78 is 0. The van der Waals surface area contributed by atoms with Crippen LogP contribution in [0.2, 0.25) is 0 Å². The molecule has 0 radical (unpaired) electrons. The zero-order valence-electron chi connectivity index (χ0n) is 11.2. The van der Waals surface area contributed by atoms with Crippen LogP contribution in [0.15, 0.2) is 0 Å². The number of nitrogens with zero attached hydrogens (tertiary/aromatic N) is 1. The van der Waals surface area contributed by atoms with Crippen molar-refractivity contribution in [2.24, 2.45) is 5.92 Å². The quantitative estimate of drug-likeness (QED) is 0.640. The van der Waals surface area contributed by atoms with Gasteiger partial charge in [0, 0.05) is 5.54 Å². The fraction of sp³-hybridized carbons (Fsp3) is 1.00. The first-order chi connectivity index (χ1) is 7.12. The lowest BCUT2D eigenvalue weighted by molar-refractivity contribution is 0.0640. The number of rotatable bonds is 6. The minimum absolute atomic E-state index is 0.433. The smallest absolute Gasteiger partial charge is 0.0181 e. The Morgan fingerprint density at radius 2 is 1.47 bits per heavy atom. The molecular formula is C14H29N. The van der Waals surface area contributed by atoms with E-state index in [1.165, 1.54) is 51.6 Å². The Kier molecular flexibility index (Phi) is 5.11. The van der Waals surface area contributed by atoms with Crippen molar-refractivity contribution in [3.8, 4) is 0 Å². The molecule has 1 aliphatic carbocycles. The Morgan fingerprint density at radius 3 is 1.87 bits per heavy atom. The molecule has 0 aromatic heterocycles. The lowest BCUT2D eigenvalue weighted by Crippen LogP contribution is -2.49. The van der Waals surface area contributed by atoms with Gasteiger partial charge in [0.2, 0.25) is 0 Å². The zero-order chi connectivity index (χ0) is 11.3. The average Bonchev–Trinajstić information content (AvgIpc) is 2.70. The molecule has 0 N–H and O–H groups in total. The van der Waals surface area contributed by atoms with Crippen LogP contribution in [-0.2, 0) is 0 Å². The highest BCUT2D eigenvalue weighted by molar-refractivity contribution is 4.90. The molecule has 0 heterocycles. The molecule has 1 saturated carbocycles. The fourth-order valence-corrected chi connectivity index (χ4v) is 3.12. The monoisotopic (exact) mass is 211 g/mol. The summed E-state index contributed by atoms with van der Waals surface area (Å²) in [5, 5.41) is 0. The molecular weight excluding hydrogens is 182 g/mol. The fourth-order valence-electron chi connectivity index (χ4n) is 3.12. The summed E-state index contributed by atoms with van der Waals surface area (Å²) in [6.45, 7) is 12.1. The van der Waals surface area contributed by atoms with Gasteiger partial charge in [0.25, 0.3) is 0 Å². The van der Waals surface area contributed by atoms with Gasteiger partial charge in [0.05, 0.1) is 0 Å². The van der Waals surface area contributed by atoms with E-state index in [4.69, 9.17) is 0 Å². The molecule has 0 aromatic rings. The molecule has 15 heavy (non-hydrogen) atoms. The van der Waals surface area contributed by atoms with Crippen LogP contribution >= 0.6 is 0 Å². The van der Waals surface area contributed by atoms with Gasteiger partial charge in [-0.25, -0.2) is 0 Å². The molecule has 1 heteroatoms. The van der Waals surface area contributed by atoms with Gasteiger partial charge in [0.15, 0.2) is 0 Å². The van der Waals surface area contributed by atoms with Crippen LogP contribution in [0.1, 0.15) is 66.2 Å². The van der Waals surface area contributed by atoms with Gasteiger partial charge in [-0.05, 0) is 58.5 Å². The van der Waals surface area contributed by atoms with Gasteiger partial charge in [-0.1, -0.05) is 26.7 Å². The van der Waals surface area contributed by atoms with E-state index in [0.717, 1.165) is 5.92 Å². The van der Waals surface area contributed by atoms with Crippen molar-refractivity contribution in [1.29, 1.82) is 0 Å². The van der Waals surface area contributed by atoms with Crippen LogP contribution in [0.3, 0.4) is 0 Å². The van der Waals surface area contributed by atoms with Crippen LogP contribution in [-0.4, -0.2) is 23.5 Å². The Labute approximate surface area is 96.2 Å². The molecule has 1 nitrogen and oxygen atoms in total. The van der Waals surface area contributed by atoms with E-state index in [1.54, 1.807) is 0 Å². The van der Waals surface area contributed by atoms with Crippen LogP contribution < -0.4 is 0 Å². The summed E-state index contributed by atoms with van der Waals surface area (Å²) in [6, 6.07) is 0. The van der Waals surface area contributed by atoms with E-state index in [9.17, 15) is 0 Å². The summed E-state index contributed by atoms with van der Waals surface area (Å²) in [5.41, 5.74) is 0.433. The maximum absolute atomic E-state index is 2.73. The summed E-state index contributed by atoms with van der Waals surface area (Å²) in [4.78, 5) is 2.73. The van der Waals surface area contributed by atoms with E-state index in [-0.39, 0.29) is 0 Å². The van der Waals surface area contributed by atoms with Crippen molar-refractivity contribution in [2.75, 3.05) is 13.1 Å². The van der Waals surface area contributed by atoms with Crippen molar-refractivity contribution in [3.63, 3.8) is 0 Å². The van der Waals surface area contributed by atoms with Gasteiger partial charge in [0.1, 0.15) is 0 Å². The Bertz CT molecular complexity index is 162. The lowest BCUT2D eigenvalue weighted by Gasteiger charge is -2.43. The largest absolute Gasteiger partial charge is 0.298 e. The third-order valence-electron chi connectivity index (χ3n) is 4.16.